The summed E-state index contributed by atoms with van der Waals surface area (Å²) in [6, 6.07) is 10.4. The van der Waals surface area contributed by atoms with Gasteiger partial charge in [-0.15, -0.1) is 11.3 Å². The van der Waals surface area contributed by atoms with Crippen molar-refractivity contribution in [3.63, 3.8) is 0 Å². The zero-order valence-electron chi connectivity index (χ0n) is 13.9. The van der Waals surface area contributed by atoms with E-state index in [-0.39, 0.29) is 11.9 Å². The van der Waals surface area contributed by atoms with Crippen LogP contribution in [0.25, 0.3) is 6.08 Å². The molecule has 0 spiro atoms. The molecule has 1 aromatic heterocycles. The van der Waals surface area contributed by atoms with Crippen LogP contribution in [0.1, 0.15) is 22.7 Å². The van der Waals surface area contributed by atoms with Gasteiger partial charge >= 0.3 is 0 Å². The molecule has 1 aromatic carbocycles. The third kappa shape index (κ3) is 4.52. The van der Waals surface area contributed by atoms with Crippen molar-refractivity contribution < 1.29 is 9.53 Å². The highest BCUT2D eigenvalue weighted by Crippen LogP contribution is 2.15. The van der Waals surface area contributed by atoms with E-state index in [0.29, 0.717) is 13.2 Å². The quantitative estimate of drug-likeness (QED) is 0.756. The Morgan fingerprint density at radius 1 is 1.42 bits per heavy atom. The molecule has 5 heteroatoms. The van der Waals surface area contributed by atoms with Gasteiger partial charge < -0.3 is 9.64 Å². The number of carbonyl (C=O) groups is 1. The van der Waals surface area contributed by atoms with Crippen molar-refractivity contribution in [2.45, 2.75) is 25.8 Å². The van der Waals surface area contributed by atoms with E-state index >= 15 is 0 Å². The number of aryl methyl sites for hydroxylation is 1. The van der Waals surface area contributed by atoms with Gasteiger partial charge in [0.15, 0.2) is 0 Å². The van der Waals surface area contributed by atoms with Crippen LogP contribution >= 0.6 is 11.3 Å². The summed E-state index contributed by atoms with van der Waals surface area (Å²) in [6.07, 6.45) is 5.20. The van der Waals surface area contributed by atoms with Crippen LogP contribution in [-0.4, -0.2) is 41.6 Å². The Balaban J connectivity index is 1.66. The summed E-state index contributed by atoms with van der Waals surface area (Å²) in [4.78, 5) is 19.0. The molecule has 1 aliphatic rings. The number of hydrogen-bond acceptors (Lipinski definition) is 4. The van der Waals surface area contributed by atoms with E-state index in [0.717, 1.165) is 30.2 Å². The zero-order valence-corrected chi connectivity index (χ0v) is 14.7. The lowest BCUT2D eigenvalue weighted by molar-refractivity contribution is -0.128. The van der Waals surface area contributed by atoms with Crippen molar-refractivity contribution in [1.82, 2.24) is 9.88 Å². The minimum absolute atomic E-state index is 0.0343. The molecule has 4 nitrogen and oxygen atoms in total. The number of nitrogens with zero attached hydrogens (tertiary/aromatic N) is 2. The fourth-order valence-electron chi connectivity index (χ4n) is 2.84. The van der Waals surface area contributed by atoms with E-state index in [1.807, 2.05) is 35.4 Å². The van der Waals surface area contributed by atoms with Crippen LogP contribution in [0.2, 0.25) is 0 Å². The van der Waals surface area contributed by atoms with E-state index in [1.54, 1.807) is 23.5 Å². The molecule has 3 rings (SSSR count). The minimum atomic E-state index is 0.0343. The lowest BCUT2D eigenvalue weighted by atomic mass is 10.1. The van der Waals surface area contributed by atoms with Gasteiger partial charge in [0.25, 0.3) is 0 Å². The fourth-order valence-corrected chi connectivity index (χ4v) is 3.42. The van der Waals surface area contributed by atoms with Crippen molar-refractivity contribution in [2.24, 2.45) is 0 Å². The van der Waals surface area contributed by atoms with Crippen molar-refractivity contribution in [3.05, 3.63) is 58.1 Å². The van der Waals surface area contributed by atoms with Gasteiger partial charge in [-0.25, -0.2) is 4.98 Å². The van der Waals surface area contributed by atoms with Gasteiger partial charge in [0.1, 0.15) is 0 Å². The molecule has 24 heavy (non-hydrogen) atoms. The van der Waals surface area contributed by atoms with E-state index < -0.39 is 0 Å². The Morgan fingerprint density at radius 2 is 2.25 bits per heavy atom. The van der Waals surface area contributed by atoms with Gasteiger partial charge in [0.05, 0.1) is 23.4 Å². The van der Waals surface area contributed by atoms with Crippen LogP contribution in [0.3, 0.4) is 0 Å². The topological polar surface area (TPSA) is 42.4 Å². The molecule has 0 aliphatic carbocycles. The number of amides is 1. The van der Waals surface area contributed by atoms with Crippen LogP contribution < -0.4 is 0 Å². The van der Waals surface area contributed by atoms with Crippen LogP contribution in [0, 0.1) is 6.92 Å². The van der Waals surface area contributed by atoms with Gasteiger partial charge in [-0.3, -0.25) is 4.79 Å². The van der Waals surface area contributed by atoms with E-state index in [2.05, 4.69) is 17.1 Å². The maximum atomic E-state index is 12.7. The number of aromatic nitrogens is 1. The Kier molecular flexibility index (Phi) is 5.77. The smallest absolute Gasteiger partial charge is 0.246 e. The first-order chi connectivity index (χ1) is 11.7. The minimum Gasteiger partial charge on any atom is -0.379 e. The molecule has 2 aromatic rings. The summed E-state index contributed by atoms with van der Waals surface area (Å²) in [5.74, 6) is 0.0343. The lowest BCUT2D eigenvalue weighted by Gasteiger charge is -2.27. The fraction of sp³-hybridized carbons (Fsp3) is 0.368. The predicted molar refractivity (Wildman–Crippen MR) is 97.0 cm³/mol. The third-order valence-corrected chi connectivity index (χ3v) is 4.94. The molecule has 1 aliphatic heterocycles. The second-order valence-electron chi connectivity index (χ2n) is 5.91. The van der Waals surface area contributed by atoms with Gasteiger partial charge in [-0.1, -0.05) is 30.3 Å². The molecule has 1 amide bonds. The third-order valence-electron chi connectivity index (χ3n) is 4.15. The van der Waals surface area contributed by atoms with Crippen molar-refractivity contribution in [1.29, 1.82) is 0 Å². The lowest BCUT2D eigenvalue weighted by Crippen LogP contribution is -2.41. The standard InChI is InChI=1S/C19H22N2O2S/c1-15-20-17(14-24-15)7-8-19(22)21(18-10-12-23-13-18)11-9-16-5-3-2-4-6-16/h2-8,14,18H,9-13H2,1H3/b8-7+/t18-/m1/s1. The Labute approximate surface area is 146 Å². The number of benzene rings is 1. The second-order valence-corrected chi connectivity index (χ2v) is 6.97. The summed E-state index contributed by atoms with van der Waals surface area (Å²) in [5, 5.41) is 2.97. The van der Waals surface area contributed by atoms with E-state index in [1.165, 1.54) is 5.56 Å². The first kappa shape index (κ1) is 16.9. The molecule has 0 unspecified atom stereocenters. The highest BCUT2D eigenvalue weighted by atomic mass is 32.1. The second kappa shape index (κ2) is 8.22. The summed E-state index contributed by atoms with van der Waals surface area (Å²) in [7, 11) is 0. The van der Waals surface area contributed by atoms with E-state index in [9.17, 15) is 4.79 Å². The van der Waals surface area contributed by atoms with Crippen LogP contribution in [-0.2, 0) is 16.0 Å². The SMILES string of the molecule is Cc1nc(/C=C/C(=O)N(CCc2ccccc2)[C@@H]2CCOC2)cs1. The van der Waals surface area contributed by atoms with Crippen molar-refractivity contribution in [3.8, 4) is 0 Å². The molecule has 0 bridgehead atoms. The van der Waals surface area contributed by atoms with Crippen LogP contribution in [0.5, 0.6) is 0 Å². The first-order valence-electron chi connectivity index (χ1n) is 8.25. The zero-order chi connectivity index (χ0) is 16.8. The summed E-state index contributed by atoms with van der Waals surface area (Å²) in [5.41, 5.74) is 2.09. The Morgan fingerprint density at radius 3 is 2.92 bits per heavy atom. The highest BCUT2D eigenvalue weighted by Gasteiger charge is 2.25. The number of hydrogen-bond donors (Lipinski definition) is 0. The summed E-state index contributed by atoms with van der Waals surface area (Å²) < 4.78 is 5.48. The van der Waals surface area contributed by atoms with Crippen molar-refractivity contribution >= 4 is 23.3 Å². The van der Waals surface area contributed by atoms with Gasteiger partial charge in [0.2, 0.25) is 5.91 Å². The molecule has 2 heterocycles. The number of carbonyl (C=O) groups excluding carboxylic acids is 1. The van der Waals surface area contributed by atoms with Crippen molar-refractivity contribution in [2.75, 3.05) is 19.8 Å². The summed E-state index contributed by atoms with van der Waals surface area (Å²) >= 11 is 1.59. The molecule has 1 saturated heterocycles. The molecular formula is C19H22N2O2S. The monoisotopic (exact) mass is 342 g/mol. The predicted octanol–water partition coefficient (Wildman–Crippen LogP) is 3.32. The summed E-state index contributed by atoms with van der Waals surface area (Å²) in [6.45, 7) is 4.03. The van der Waals surface area contributed by atoms with Gasteiger partial charge in [0, 0.05) is 24.6 Å². The maximum absolute atomic E-state index is 12.7. The molecule has 1 atom stereocenters. The van der Waals surface area contributed by atoms with E-state index in [4.69, 9.17) is 4.74 Å². The van der Waals surface area contributed by atoms with Crippen LogP contribution in [0.4, 0.5) is 0 Å². The largest absolute Gasteiger partial charge is 0.379 e. The van der Waals surface area contributed by atoms with Gasteiger partial charge in [-0.05, 0) is 31.4 Å². The van der Waals surface area contributed by atoms with Crippen LogP contribution in [0.15, 0.2) is 41.8 Å². The molecular weight excluding hydrogens is 320 g/mol. The molecule has 126 valence electrons. The number of thiazole rings is 1. The average Bonchev–Trinajstić information content (AvgIpc) is 3.26. The highest BCUT2D eigenvalue weighted by molar-refractivity contribution is 7.09. The molecule has 0 N–H and O–H groups in total. The Hall–Kier alpha value is -1.98. The van der Waals surface area contributed by atoms with Gasteiger partial charge in [-0.2, -0.15) is 0 Å². The molecule has 1 fully saturated rings. The average molecular weight is 342 g/mol. The number of rotatable bonds is 6. The normalized spacial score (nSPS) is 17.5. The number of ether oxygens (including phenoxy) is 1. The molecule has 0 radical (unpaired) electrons. The maximum Gasteiger partial charge on any atom is 0.246 e. The Bertz CT molecular complexity index is 690. The molecule has 0 saturated carbocycles. The first-order valence-corrected chi connectivity index (χ1v) is 9.13.